The van der Waals surface area contributed by atoms with Gasteiger partial charge in [-0.2, -0.15) is 0 Å². The fourth-order valence-electron chi connectivity index (χ4n) is 3.70. The van der Waals surface area contributed by atoms with Crippen molar-refractivity contribution in [3.63, 3.8) is 0 Å². The van der Waals surface area contributed by atoms with Gasteiger partial charge in [-0.15, -0.1) is 13.2 Å². The molecule has 35 heavy (non-hydrogen) atoms. The van der Waals surface area contributed by atoms with Gasteiger partial charge in [0.15, 0.2) is 0 Å². The van der Waals surface area contributed by atoms with Crippen LogP contribution in [0.3, 0.4) is 0 Å². The number of hydrogen-bond donors (Lipinski definition) is 2. The minimum Gasteiger partial charge on any atom is -0.478 e. The number of carboxylic acids is 1. The highest BCUT2D eigenvalue weighted by Crippen LogP contribution is 2.27. The average molecular weight is 480 g/mol. The molecule has 0 bridgehead atoms. The molecule has 1 amide bonds. The first-order chi connectivity index (χ1) is 16.6. The van der Waals surface area contributed by atoms with E-state index in [-0.39, 0.29) is 28.0 Å². The van der Waals surface area contributed by atoms with Crippen molar-refractivity contribution in [3.8, 4) is 0 Å². The Morgan fingerprint density at radius 3 is 2.14 bits per heavy atom. The molecule has 1 heterocycles. The van der Waals surface area contributed by atoms with Crippen molar-refractivity contribution in [2.75, 3.05) is 0 Å². The number of nitrogens with zero attached hydrogens (tertiary/aromatic N) is 1. The SMILES string of the molecule is O=C(O)c1ccc(Cc2cc3cc(C(=O)N(Cc4ccccc4)C(F)(F)F)ccc3[nH]c2=O)cc1. The minimum absolute atomic E-state index is 0.106. The molecule has 4 aromatic rings. The number of aromatic nitrogens is 1. The Kier molecular flexibility index (Phi) is 6.42. The predicted octanol–water partition coefficient (Wildman–Crippen LogP) is 4.98. The molecule has 3 aromatic carbocycles. The number of H-pyrrole nitrogens is 1. The van der Waals surface area contributed by atoms with Crippen molar-refractivity contribution in [1.29, 1.82) is 0 Å². The van der Waals surface area contributed by atoms with E-state index in [1.165, 1.54) is 48.5 Å². The molecule has 0 unspecified atom stereocenters. The van der Waals surface area contributed by atoms with Crippen molar-refractivity contribution < 1.29 is 27.9 Å². The molecule has 0 radical (unpaired) electrons. The Morgan fingerprint density at radius 1 is 0.857 bits per heavy atom. The first-order valence-corrected chi connectivity index (χ1v) is 10.5. The number of nitrogens with one attached hydrogen (secondary N) is 1. The molecular weight excluding hydrogens is 461 g/mol. The third-order valence-corrected chi connectivity index (χ3v) is 5.50. The second-order valence-electron chi connectivity index (χ2n) is 7.95. The lowest BCUT2D eigenvalue weighted by molar-refractivity contribution is -0.227. The van der Waals surface area contributed by atoms with E-state index < -0.39 is 24.7 Å². The smallest absolute Gasteiger partial charge is 0.478 e. The van der Waals surface area contributed by atoms with Crippen molar-refractivity contribution in [2.45, 2.75) is 19.3 Å². The Hall–Kier alpha value is -4.40. The summed E-state index contributed by atoms with van der Waals surface area (Å²) in [5.74, 6) is -2.28. The summed E-state index contributed by atoms with van der Waals surface area (Å²) in [6, 6.07) is 19.3. The first-order valence-electron chi connectivity index (χ1n) is 10.5. The fraction of sp³-hybridized carbons (Fsp3) is 0.115. The van der Waals surface area contributed by atoms with Gasteiger partial charge in [0.2, 0.25) is 0 Å². The van der Waals surface area contributed by atoms with Crippen LogP contribution in [0.1, 0.15) is 37.4 Å². The highest BCUT2D eigenvalue weighted by atomic mass is 19.4. The molecule has 178 valence electrons. The maximum absolute atomic E-state index is 13.7. The van der Waals surface area contributed by atoms with Crippen molar-refractivity contribution in [3.05, 3.63) is 117 Å². The van der Waals surface area contributed by atoms with E-state index in [1.807, 2.05) is 0 Å². The largest absolute Gasteiger partial charge is 0.487 e. The van der Waals surface area contributed by atoms with Crippen molar-refractivity contribution in [2.24, 2.45) is 0 Å². The number of fused-ring (bicyclic) bond motifs is 1. The van der Waals surface area contributed by atoms with Gasteiger partial charge in [0.25, 0.3) is 11.5 Å². The Bertz CT molecular complexity index is 1450. The zero-order valence-electron chi connectivity index (χ0n) is 18.2. The van der Waals surface area contributed by atoms with Gasteiger partial charge in [0, 0.05) is 23.1 Å². The molecule has 2 N–H and O–H groups in total. The van der Waals surface area contributed by atoms with Gasteiger partial charge in [-0.3, -0.25) is 9.59 Å². The second-order valence-corrected chi connectivity index (χ2v) is 7.95. The third kappa shape index (κ3) is 5.40. The number of carbonyl (C=O) groups excluding carboxylic acids is 1. The number of aromatic amines is 1. The number of aromatic carboxylic acids is 1. The lowest BCUT2D eigenvalue weighted by Gasteiger charge is -2.25. The standard InChI is InChI=1S/C26H19F3N2O4/c27-26(28,29)31(15-17-4-2-1-3-5-17)24(33)19-10-11-22-20(13-19)14-21(23(32)30-22)12-16-6-8-18(9-7-16)25(34)35/h1-11,13-14H,12,15H2,(H,30,32)(H,34,35). The van der Waals surface area contributed by atoms with E-state index in [0.717, 1.165) is 0 Å². The van der Waals surface area contributed by atoms with E-state index in [1.54, 1.807) is 30.3 Å². The molecule has 4 rings (SSSR count). The molecule has 0 aliphatic heterocycles. The van der Waals surface area contributed by atoms with Crippen LogP contribution in [0.15, 0.2) is 83.7 Å². The molecule has 6 nitrogen and oxygen atoms in total. The van der Waals surface area contributed by atoms with Gasteiger partial charge in [-0.1, -0.05) is 42.5 Å². The fourth-order valence-corrected chi connectivity index (χ4v) is 3.70. The van der Waals surface area contributed by atoms with Crippen LogP contribution in [-0.4, -0.2) is 33.2 Å². The second kappa shape index (κ2) is 9.46. The quantitative estimate of drug-likeness (QED) is 0.381. The molecule has 0 atom stereocenters. The summed E-state index contributed by atoms with van der Waals surface area (Å²) in [5.41, 5.74) is 1.25. The van der Waals surface area contributed by atoms with E-state index in [4.69, 9.17) is 5.11 Å². The topological polar surface area (TPSA) is 90.5 Å². The van der Waals surface area contributed by atoms with Crippen LogP contribution < -0.4 is 5.56 Å². The maximum Gasteiger partial charge on any atom is 0.487 e. The molecule has 0 saturated heterocycles. The lowest BCUT2D eigenvalue weighted by Crippen LogP contribution is -2.42. The molecule has 0 aliphatic rings. The number of carboxylic acid groups (broad SMARTS) is 1. The monoisotopic (exact) mass is 480 g/mol. The Morgan fingerprint density at radius 2 is 1.51 bits per heavy atom. The average Bonchev–Trinajstić information content (AvgIpc) is 2.82. The number of benzene rings is 3. The first kappa shape index (κ1) is 23.7. The van der Waals surface area contributed by atoms with Crippen LogP contribution in [0.4, 0.5) is 13.2 Å². The number of amides is 1. The van der Waals surface area contributed by atoms with Crippen LogP contribution in [0.2, 0.25) is 0 Å². The van der Waals surface area contributed by atoms with E-state index >= 15 is 0 Å². The van der Waals surface area contributed by atoms with Crippen LogP contribution in [0, 0.1) is 0 Å². The number of pyridine rings is 1. The number of carbonyl (C=O) groups is 2. The molecule has 0 aliphatic carbocycles. The van der Waals surface area contributed by atoms with Crippen molar-refractivity contribution in [1.82, 2.24) is 9.88 Å². The van der Waals surface area contributed by atoms with Crippen LogP contribution in [-0.2, 0) is 13.0 Å². The molecular formula is C26H19F3N2O4. The zero-order valence-corrected chi connectivity index (χ0v) is 18.2. The third-order valence-electron chi connectivity index (χ3n) is 5.50. The summed E-state index contributed by atoms with van der Waals surface area (Å²) in [5, 5.41) is 9.41. The van der Waals surface area contributed by atoms with E-state index in [2.05, 4.69) is 4.98 Å². The number of rotatable bonds is 6. The van der Waals surface area contributed by atoms with Crippen LogP contribution >= 0.6 is 0 Å². The molecule has 1 aromatic heterocycles. The highest BCUT2D eigenvalue weighted by molar-refractivity contribution is 5.98. The minimum atomic E-state index is -4.89. The van der Waals surface area contributed by atoms with Gasteiger partial charge in [-0.25, -0.2) is 9.69 Å². The Balaban J connectivity index is 1.65. The Labute approximate surface area is 197 Å². The summed E-state index contributed by atoms with van der Waals surface area (Å²) >= 11 is 0. The maximum atomic E-state index is 13.7. The van der Waals surface area contributed by atoms with Gasteiger partial charge in [0.05, 0.1) is 12.1 Å². The summed E-state index contributed by atoms with van der Waals surface area (Å²) in [6.45, 7) is -0.635. The lowest BCUT2D eigenvalue weighted by atomic mass is 10.0. The highest BCUT2D eigenvalue weighted by Gasteiger charge is 2.41. The predicted molar refractivity (Wildman–Crippen MR) is 123 cm³/mol. The number of halogens is 3. The molecule has 0 saturated carbocycles. The number of hydrogen-bond acceptors (Lipinski definition) is 3. The van der Waals surface area contributed by atoms with Gasteiger partial charge in [-0.05, 0) is 52.9 Å². The van der Waals surface area contributed by atoms with Crippen LogP contribution in [0.25, 0.3) is 10.9 Å². The summed E-state index contributed by atoms with van der Waals surface area (Å²) in [4.78, 5) is 38.9. The van der Waals surface area contributed by atoms with Gasteiger partial charge < -0.3 is 10.1 Å². The summed E-state index contributed by atoms with van der Waals surface area (Å²) < 4.78 is 41.1. The zero-order chi connectivity index (χ0) is 25.2. The molecule has 0 fully saturated rings. The summed E-state index contributed by atoms with van der Waals surface area (Å²) in [6.07, 6.45) is -4.72. The van der Waals surface area contributed by atoms with Gasteiger partial charge >= 0.3 is 12.3 Å². The van der Waals surface area contributed by atoms with E-state index in [9.17, 15) is 27.6 Å². The van der Waals surface area contributed by atoms with E-state index in [0.29, 0.717) is 27.6 Å². The number of alkyl halides is 3. The summed E-state index contributed by atoms with van der Waals surface area (Å²) in [7, 11) is 0. The molecule has 0 spiro atoms. The van der Waals surface area contributed by atoms with Crippen molar-refractivity contribution >= 4 is 22.8 Å². The van der Waals surface area contributed by atoms with Gasteiger partial charge in [0.1, 0.15) is 0 Å². The van der Waals surface area contributed by atoms with Crippen LogP contribution in [0.5, 0.6) is 0 Å². The normalized spacial score (nSPS) is 11.4. The molecule has 9 heteroatoms.